The molecule has 0 radical (unpaired) electrons. The van der Waals surface area contributed by atoms with Crippen LogP contribution in [-0.4, -0.2) is 43.1 Å². The highest BCUT2D eigenvalue weighted by Gasteiger charge is 2.31. The Balaban J connectivity index is 2.34. The van der Waals surface area contributed by atoms with Crippen LogP contribution in [0.2, 0.25) is 0 Å². The largest absolute Gasteiger partial charge is 0.352 e. The highest BCUT2D eigenvalue weighted by Crippen LogP contribution is 2.27. The molecule has 17 heavy (non-hydrogen) atoms. The van der Waals surface area contributed by atoms with E-state index in [1.807, 2.05) is 11.0 Å². The van der Waals surface area contributed by atoms with Gasteiger partial charge in [-0.05, 0) is 22.0 Å². The van der Waals surface area contributed by atoms with Gasteiger partial charge < -0.3 is 4.90 Å². The Morgan fingerprint density at radius 3 is 2.94 bits per heavy atom. The molecule has 94 valence electrons. The maximum atomic E-state index is 11.8. The van der Waals surface area contributed by atoms with Crippen molar-refractivity contribution < 1.29 is 8.42 Å². The van der Waals surface area contributed by atoms with Gasteiger partial charge in [-0.25, -0.2) is 8.42 Å². The first-order valence-electron chi connectivity index (χ1n) is 5.12. The topological polar surface area (TPSA) is 50.3 Å². The van der Waals surface area contributed by atoms with Crippen molar-refractivity contribution in [2.45, 2.75) is 5.37 Å². The Kier molecular flexibility index (Phi) is 3.99. The Bertz CT molecular complexity index is 507. The molecule has 0 amide bonds. The zero-order valence-corrected chi connectivity index (χ0v) is 12.6. The molecule has 1 atom stereocenters. The minimum Gasteiger partial charge on any atom is -0.352 e. The third-order valence-corrected chi connectivity index (χ3v) is 5.68. The fourth-order valence-electron chi connectivity index (χ4n) is 1.79. The lowest BCUT2D eigenvalue weighted by molar-refractivity contribution is 0.584. The van der Waals surface area contributed by atoms with E-state index in [0.29, 0.717) is 5.75 Å². The Hall–Kier alpha value is -0.270. The van der Waals surface area contributed by atoms with Gasteiger partial charge in [-0.15, -0.1) is 0 Å². The average molecular weight is 337 g/mol. The average Bonchev–Trinajstić information content (AvgIpc) is 2.28. The Morgan fingerprint density at radius 2 is 2.29 bits per heavy atom. The SMILES string of the molecule is CS(=O)(=O)C1CSCCN1c1cncc(Br)c1. The molecule has 0 aromatic carbocycles. The molecule has 4 nitrogen and oxygen atoms in total. The fraction of sp³-hybridized carbons (Fsp3) is 0.500. The van der Waals surface area contributed by atoms with E-state index in [9.17, 15) is 8.42 Å². The first-order chi connectivity index (χ1) is 7.98. The maximum Gasteiger partial charge on any atom is 0.169 e. The van der Waals surface area contributed by atoms with Gasteiger partial charge in [0.05, 0.1) is 11.9 Å². The lowest BCUT2D eigenvalue weighted by Gasteiger charge is -2.35. The van der Waals surface area contributed by atoms with E-state index in [1.54, 1.807) is 24.2 Å². The second-order valence-corrected chi connectivity index (χ2v) is 8.18. The van der Waals surface area contributed by atoms with Crippen LogP contribution < -0.4 is 4.90 Å². The molecular formula is C10H13BrN2O2S2. The molecule has 1 aromatic heterocycles. The number of halogens is 1. The van der Waals surface area contributed by atoms with Crippen molar-refractivity contribution in [1.82, 2.24) is 4.98 Å². The third kappa shape index (κ3) is 3.14. The standard InChI is InChI=1S/C10H13BrN2O2S2/c1-17(14,15)10-7-16-3-2-13(10)9-4-8(11)5-12-6-9/h4-6,10H,2-3,7H2,1H3. The number of pyridine rings is 1. The van der Waals surface area contributed by atoms with Crippen LogP contribution in [0, 0.1) is 0 Å². The fourth-order valence-corrected chi connectivity index (χ4v) is 4.98. The van der Waals surface area contributed by atoms with Crippen molar-refractivity contribution >= 4 is 43.2 Å². The summed E-state index contributed by atoms with van der Waals surface area (Å²) in [4.78, 5) is 6.01. The molecule has 1 saturated heterocycles. The van der Waals surface area contributed by atoms with Crippen molar-refractivity contribution in [3.8, 4) is 0 Å². The van der Waals surface area contributed by atoms with Gasteiger partial charge >= 0.3 is 0 Å². The van der Waals surface area contributed by atoms with Crippen LogP contribution in [0.5, 0.6) is 0 Å². The van der Waals surface area contributed by atoms with Crippen LogP contribution in [0.1, 0.15) is 0 Å². The molecule has 1 aliphatic rings. The quantitative estimate of drug-likeness (QED) is 0.823. The molecule has 0 spiro atoms. The number of anilines is 1. The summed E-state index contributed by atoms with van der Waals surface area (Å²) < 4.78 is 24.4. The van der Waals surface area contributed by atoms with E-state index in [2.05, 4.69) is 20.9 Å². The van der Waals surface area contributed by atoms with Gasteiger partial charge in [-0.2, -0.15) is 11.8 Å². The highest BCUT2D eigenvalue weighted by atomic mass is 79.9. The minimum atomic E-state index is -3.07. The lowest BCUT2D eigenvalue weighted by Crippen LogP contribution is -2.47. The molecule has 1 aromatic rings. The van der Waals surface area contributed by atoms with Gasteiger partial charge in [0.25, 0.3) is 0 Å². The van der Waals surface area contributed by atoms with E-state index in [4.69, 9.17) is 0 Å². The van der Waals surface area contributed by atoms with Gasteiger partial charge in [0, 0.05) is 35.0 Å². The van der Waals surface area contributed by atoms with Crippen molar-refractivity contribution in [1.29, 1.82) is 0 Å². The van der Waals surface area contributed by atoms with Gasteiger partial charge in [-0.1, -0.05) is 0 Å². The third-order valence-electron chi connectivity index (χ3n) is 2.60. The summed E-state index contributed by atoms with van der Waals surface area (Å²) >= 11 is 5.03. The van der Waals surface area contributed by atoms with Gasteiger partial charge in [0.15, 0.2) is 9.84 Å². The zero-order chi connectivity index (χ0) is 12.5. The van der Waals surface area contributed by atoms with Crippen molar-refractivity contribution in [3.63, 3.8) is 0 Å². The molecule has 1 unspecified atom stereocenters. The van der Waals surface area contributed by atoms with E-state index in [-0.39, 0.29) is 0 Å². The van der Waals surface area contributed by atoms with Crippen molar-refractivity contribution in [2.24, 2.45) is 0 Å². The molecule has 1 fully saturated rings. The van der Waals surface area contributed by atoms with Gasteiger partial charge in [0.2, 0.25) is 0 Å². The Labute approximate surface area is 114 Å². The van der Waals surface area contributed by atoms with E-state index < -0.39 is 15.2 Å². The second kappa shape index (κ2) is 5.16. The smallest absolute Gasteiger partial charge is 0.169 e. The second-order valence-electron chi connectivity index (χ2n) is 3.91. The summed E-state index contributed by atoms with van der Waals surface area (Å²) in [5.74, 6) is 1.56. The molecule has 0 bridgehead atoms. The molecule has 2 rings (SSSR count). The van der Waals surface area contributed by atoms with Crippen LogP contribution in [0.3, 0.4) is 0 Å². The number of thioether (sulfide) groups is 1. The number of aromatic nitrogens is 1. The predicted octanol–water partition coefficient (Wildman–Crippen LogP) is 1.77. The summed E-state index contributed by atoms with van der Waals surface area (Å²) in [7, 11) is -3.07. The van der Waals surface area contributed by atoms with Crippen LogP contribution >= 0.6 is 27.7 Å². The highest BCUT2D eigenvalue weighted by molar-refractivity contribution is 9.10. The Morgan fingerprint density at radius 1 is 1.53 bits per heavy atom. The summed E-state index contributed by atoms with van der Waals surface area (Å²) in [6, 6.07) is 1.90. The molecule has 2 heterocycles. The number of sulfone groups is 1. The summed E-state index contributed by atoms with van der Waals surface area (Å²) in [6.07, 6.45) is 4.69. The van der Waals surface area contributed by atoms with Gasteiger partial charge in [0.1, 0.15) is 5.37 Å². The van der Waals surface area contributed by atoms with E-state index >= 15 is 0 Å². The zero-order valence-electron chi connectivity index (χ0n) is 9.34. The van der Waals surface area contributed by atoms with E-state index in [0.717, 1.165) is 22.5 Å². The van der Waals surface area contributed by atoms with Gasteiger partial charge in [-0.3, -0.25) is 4.98 Å². The lowest BCUT2D eigenvalue weighted by atomic mass is 10.3. The molecule has 0 saturated carbocycles. The van der Waals surface area contributed by atoms with Crippen molar-refractivity contribution in [2.75, 3.05) is 29.2 Å². The first kappa shape index (κ1) is 13.2. The van der Waals surface area contributed by atoms with Crippen LogP contribution in [-0.2, 0) is 9.84 Å². The number of rotatable bonds is 2. The van der Waals surface area contributed by atoms with Crippen molar-refractivity contribution in [3.05, 3.63) is 22.9 Å². The van der Waals surface area contributed by atoms with Crippen LogP contribution in [0.25, 0.3) is 0 Å². The molecule has 0 aliphatic carbocycles. The predicted molar refractivity (Wildman–Crippen MR) is 75.2 cm³/mol. The number of hydrogen-bond acceptors (Lipinski definition) is 5. The summed E-state index contributed by atoms with van der Waals surface area (Å²) in [5.41, 5.74) is 0.857. The molecule has 0 N–H and O–H groups in total. The van der Waals surface area contributed by atoms with Crippen LogP contribution in [0.15, 0.2) is 22.9 Å². The normalized spacial score (nSPS) is 21.5. The minimum absolute atomic E-state index is 0.447. The molecule has 1 aliphatic heterocycles. The van der Waals surface area contributed by atoms with Crippen LogP contribution in [0.4, 0.5) is 5.69 Å². The number of nitrogens with zero attached hydrogens (tertiary/aromatic N) is 2. The van der Waals surface area contributed by atoms with E-state index in [1.165, 1.54) is 6.26 Å². The number of hydrogen-bond donors (Lipinski definition) is 0. The first-order valence-corrected chi connectivity index (χ1v) is 9.02. The maximum absolute atomic E-state index is 11.8. The molecular weight excluding hydrogens is 324 g/mol. The summed E-state index contributed by atoms with van der Waals surface area (Å²) in [5, 5.41) is -0.447. The monoisotopic (exact) mass is 336 g/mol. The molecule has 7 heteroatoms. The summed E-state index contributed by atoms with van der Waals surface area (Å²) in [6.45, 7) is 0.737.